The Bertz CT molecular complexity index is 611. The lowest BCUT2D eigenvalue weighted by atomic mass is 9.53. The van der Waals surface area contributed by atoms with Crippen LogP contribution in [0, 0.1) is 17.8 Å². The second-order valence-electron chi connectivity index (χ2n) is 8.74. The number of halogens is 1. The summed E-state index contributed by atoms with van der Waals surface area (Å²) in [4.78, 5) is 13.2. The Morgan fingerprint density at radius 1 is 0.957 bits per heavy atom. The Kier molecular flexibility index (Phi) is 2.96. The minimum absolute atomic E-state index is 0.119. The molecule has 23 heavy (non-hydrogen) atoms. The molecule has 0 saturated heterocycles. The van der Waals surface area contributed by atoms with E-state index in [9.17, 15) is 4.79 Å². The third-order valence-corrected chi connectivity index (χ3v) is 7.25. The fourth-order valence-corrected chi connectivity index (χ4v) is 6.29. The largest absolute Gasteiger partial charge is 0.350 e. The van der Waals surface area contributed by atoms with Crippen molar-refractivity contribution in [1.82, 2.24) is 5.32 Å². The first-order chi connectivity index (χ1) is 11.1. The van der Waals surface area contributed by atoms with Crippen molar-refractivity contribution in [2.45, 2.75) is 62.3 Å². The summed E-state index contributed by atoms with van der Waals surface area (Å²) in [7, 11) is 0. The Labute approximate surface area is 143 Å². The van der Waals surface area contributed by atoms with Gasteiger partial charge in [-0.2, -0.15) is 0 Å². The van der Waals surface area contributed by atoms with Crippen molar-refractivity contribution in [2.75, 3.05) is 0 Å². The molecule has 5 fully saturated rings. The number of rotatable bonds is 3. The lowest BCUT2D eigenvalue weighted by Crippen LogP contribution is -2.61. The zero-order valence-corrected chi connectivity index (χ0v) is 14.2. The Morgan fingerprint density at radius 2 is 1.48 bits per heavy atom. The first kappa shape index (κ1) is 14.3. The Morgan fingerprint density at radius 3 is 1.96 bits per heavy atom. The van der Waals surface area contributed by atoms with E-state index in [1.807, 2.05) is 24.3 Å². The van der Waals surface area contributed by atoms with E-state index in [1.54, 1.807) is 0 Å². The number of nitrogens with one attached hydrogen (secondary N) is 1. The molecule has 1 amide bonds. The minimum atomic E-state index is -0.270. The Hall–Kier alpha value is -1.02. The average molecular weight is 330 g/mol. The molecule has 1 N–H and O–H groups in total. The van der Waals surface area contributed by atoms with E-state index < -0.39 is 0 Å². The maximum absolute atomic E-state index is 13.2. The highest BCUT2D eigenvalue weighted by molar-refractivity contribution is 6.30. The molecule has 0 atom stereocenters. The lowest BCUT2D eigenvalue weighted by molar-refractivity contribution is -0.129. The van der Waals surface area contributed by atoms with Gasteiger partial charge in [0.25, 0.3) is 0 Å². The van der Waals surface area contributed by atoms with Gasteiger partial charge in [-0.3, -0.25) is 4.79 Å². The molecule has 0 spiro atoms. The molecule has 5 saturated carbocycles. The van der Waals surface area contributed by atoms with E-state index in [1.165, 1.54) is 38.5 Å². The zero-order valence-electron chi connectivity index (χ0n) is 13.5. The van der Waals surface area contributed by atoms with E-state index in [2.05, 4.69) is 5.32 Å². The number of amides is 1. The van der Waals surface area contributed by atoms with Gasteiger partial charge in [-0.25, -0.2) is 0 Å². The van der Waals surface area contributed by atoms with E-state index >= 15 is 0 Å². The van der Waals surface area contributed by atoms with Crippen molar-refractivity contribution in [1.29, 1.82) is 0 Å². The molecule has 6 rings (SSSR count). The molecule has 1 aromatic carbocycles. The van der Waals surface area contributed by atoms with Crippen LogP contribution in [0.15, 0.2) is 24.3 Å². The van der Waals surface area contributed by atoms with Crippen LogP contribution >= 0.6 is 11.6 Å². The maximum atomic E-state index is 13.2. The molecule has 0 heterocycles. The van der Waals surface area contributed by atoms with Crippen LogP contribution in [0.25, 0.3) is 0 Å². The molecule has 2 nitrogen and oxygen atoms in total. The molecule has 0 radical (unpaired) electrons. The fraction of sp³-hybridized carbons (Fsp3) is 0.650. The molecule has 0 aliphatic heterocycles. The number of hydrogen-bond donors (Lipinski definition) is 1. The van der Waals surface area contributed by atoms with Crippen molar-refractivity contribution in [3.05, 3.63) is 34.9 Å². The van der Waals surface area contributed by atoms with Crippen LogP contribution in [0.5, 0.6) is 0 Å². The summed E-state index contributed by atoms with van der Waals surface area (Å²) in [6, 6.07) is 7.90. The van der Waals surface area contributed by atoms with Crippen molar-refractivity contribution in [3.63, 3.8) is 0 Å². The second kappa shape index (κ2) is 4.75. The SMILES string of the molecule is O=C(NC12CC3CC(CC(C3)C1)C2)C1(c2ccc(Cl)cc2)CC1. The topological polar surface area (TPSA) is 29.1 Å². The van der Waals surface area contributed by atoms with Crippen molar-refractivity contribution < 1.29 is 4.79 Å². The van der Waals surface area contributed by atoms with Crippen LogP contribution in [0.3, 0.4) is 0 Å². The van der Waals surface area contributed by atoms with Crippen LogP contribution in [-0.4, -0.2) is 11.4 Å². The van der Waals surface area contributed by atoms with Crippen LogP contribution < -0.4 is 5.32 Å². The summed E-state index contributed by atoms with van der Waals surface area (Å²) >= 11 is 6.01. The predicted octanol–water partition coefficient (Wildman–Crippen LogP) is 4.46. The van der Waals surface area contributed by atoms with Crippen molar-refractivity contribution in [2.24, 2.45) is 17.8 Å². The van der Waals surface area contributed by atoms with Gasteiger partial charge in [0.1, 0.15) is 0 Å². The van der Waals surface area contributed by atoms with Crippen LogP contribution in [0.4, 0.5) is 0 Å². The van der Waals surface area contributed by atoms with Crippen molar-refractivity contribution >= 4 is 17.5 Å². The van der Waals surface area contributed by atoms with E-state index in [4.69, 9.17) is 11.6 Å². The highest BCUT2D eigenvalue weighted by Gasteiger charge is 2.56. The smallest absolute Gasteiger partial charge is 0.231 e. The second-order valence-corrected chi connectivity index (χ2v) is 9.18. The molecular weight excluding hydrogens is 306 g/mol. The summed E-state index contributed by atoms with van der Waals surface area (Å²) < 4.78 is 0. The normalized spacial score (nSPS) is 39.3. The number of hydrogen-bond acceptors (Lipinski definition) is 1. The van der Waals surface area contributed by atoms with E-state index in [0.717, 1.165) is 41.2 Å². The van der Waals surface area contributed by atoms with Crippen LogP contribution in [0.2, 0.25) is 5.02 Å². The molecule has 3 heteroatoms. The average Bonchev–Trinajstić information content (AvgIpc) is 3.27. The van der Waals surface area contributed by atoms with Gasteiger partial charge in [0.05, 0.1) is 5.41 Å². The molecule has 0 unspecified atom stereocenters. The highest BCUT2D eigenvalue weighted by atomic mass is 35.5. The summed E-state index contributed by atoms with van der Waals surface area (Å²) in [6.45, 7) is 0. The van der Waals surface area contributed by atoms with Gasteiger partial charge < -0.3 is 5.32 Å². The molecule has 4 bridgehead atoms. The standard InChI is InChI=1S/C20H24ClNO/c21-17-3-1-16(2-4-17)20(5-6-20)18(23)22-19-10-13-7-14(11-19)9-15(8-13)12-19/h1-4,13-15H,5-12H2,(H,22,23). The Balaban J connectivity index is 1.38. The molecule has 0 aromatic heterocycles. The molecular formula is C20H24ClNO. The third-order valence-electron chi connectivity index (χ3n) is 7.00. The van der Waals surface area contributed by atoms with Gasteiger partial charge in [-0.15, -0.1) is 0 Å². The van der Waals surface area contributed by atoms with Gasteiger partial charge in [0.15, 0.2) is 0 Å². The molecule has 5 aliphatic rings. The summed E-state index contributed by atoms with van der Waals surface area (Å²) in [5.74, 6) is 2.88. The van der Waals surface area contributed by atoms with Gasteiger partial charge in [-0.05, 0) is 86.8 Å². The predicted molar refractivity (Wildman–Crippen MR) is 91.4 cm³/mol. The maximum Gasteiger partial charge on any atom is 0.231 e. The van der Waals surface area contributed by atoms with Gasteiger partial charge in [0.2, 0.25) is 5.91 Å². The highest BCUT2D eigenvalue weighted by Crippen LogP contribution is 2.56. The zero-order chi connectivity index (χ0) is 15.7. The number of benzene rings is 1. The summed E-state index contributed by atoms with van der Waals surface area (Å²) in [5.41, 5.74) is 0.992. The molecule has 5 aliphatic carbocycles. The third kappa shape index (κ3) is 2.25. The van der Waals surface area contributed by atoms with Gasteiger partial charge >= 0.3 is 0 Å². The summed E-state index contributed by atoms with van der Waals surface area (Å²) in [5, 5.41) is 4.31. The molecule has 122 valence electrons. The lowest BCUT2D eigenvalue weighted by Gasteiger charge is -2.57. The fourth-order valence-electron chi connectivity index (χ4n) is 6.16. The van der Waals surface area contributed by atoms with Crippen LogP contribution in [0.1, 0.15) is 56.9 Å². The number of carbonyl (C=O) groups is 1. The minimum Gasteiger partial charge on any atom is -0.350 e. The van der Waals surface area contributed by atoms with E-state index in [0.29, 0.717) is 0 Å². The first-order valence-electron chi connectivity index (χ1n) is 9.16. The van der Waals surface area contributed by atoms with Crippen LogP contribution in [-0.2, 0) is 10.2 Å². The first-order valence-corrected chi connectivity index (χ1v) is 9.53. The molecule has 1 aromatic rings. The van der Waals surface area contributed by atoms with Gasteiger partial charge in [-0.1, -0.05) is 23.7 Å². The van der Waals surface area contributed by atoms with Crippen molar-refractivity contribution in [3.8, 4) is 0 Å². The van der Waals surface area contributed by atoms with Gasteiger partial charge in [0, 0.05) is 10.6 Å². The monoisotopic (exact) mass is 329 g/mol. The number of carbonyl (C=O) groups excluding carboxylic acids is 1. The quantitative estimate of drug-likeness (QED) is 0.871. The van der Waals surface area contributed by atoms with E-state index in [-0.39, 0.29) is 16.9 Å². The summed E-state index contributed by atoms with van der Waals surface area (Å²) in [6.07, 6.45) is 9.87.